The molecule has 0 aliphatic heterocycles. The number of carbonyl (C=O) groups is 3. The fourth-order valence-electron chi connectivity index (χ4n) is 4.20. The van der Waals surface area contributed by atoms with Crippen molar-refractivity contribution in [2.45, 2.75) is 25.2 Å². The van der Waals surface area contributed by atoms with Crippen LogP contribution in [-0.2, 0) is 27.5 Å². The lowest BCUT2D eigenvalue weighted by molar-refractivity contribution is -0.145. The summed E-state index contributed by atoms with van der Waals surface area (Å²) in [4.78, 5) is 94.1. The quantitative estimate of drug-likeness (QED) is 0.151. The van der Waals surface area contributed by atoms with Crippen molar-refractivity contribution in [2.24, 2.45) is 5.73 Å². The summed E-state index contributed by atoms with van der Waals surface area (Å²) in [5.74, 6) is -3.26. The van der Waals surface area contributed by atoms with Crippen LogP contribution >= 0.6 is 0 Å². The van der Waals surface area contributed by atoms with Crippen molar-refractivity contribution in [3.05, 3.63) is 90.2 Å². The molecule has 2 aromatic carbocycles. The molecule has 4 rings (SSSR count). The zero-order valence-corrected chi connectivity index (χ0v) is 21.1. The number of benzene rings is 2. The molecular weight excluding hydrogens is 526 g/mol. The number of nitrogens with zero attached hydrogens (tertiary/aromatic N) is 3. The number of aliphatic carboxylic acids is 1. The van der Waals surface area contributed by atoms with Crippen molar-refractivity contribution in [3.63, 3.8) is 0 Å². The number of H-pyrrole nitrogens is 2. The minimum atomic E-state index is -1.60. The van der Waals surface area contributed by atoms with E-state index in [0.717, 1.165) is 16.5 Å². The van der Waals surface area contributed by atoms with Gasteiger partial charge in [0.1, 0.15) is 18.6 Å². The Morgan fingerprint density at radius 3 is 1.85 bits per heavy atom. The van der Waals surface area contributed by atoms with E-state index < -0.39 is 72.0 Å². The molecule has 2 atom stereocenters. The Hall–Kier alpha value is -5.31. The highest BCUT2D eigenvalue weighted by Gasteiger charge is 2.29. The van der Waals surface area contributed by atoms with Crippen LogP contribution in [0.25, 0.3) is 21.8 Å². The average molecular weight is 552 g/mol. The second-order valence-corrected chi connectivity index (χ2v) is 9.04. The van der Waals surface area contributed by atoms with Gasteiger partial charge >= 0.3 is 17.3 Å². The van der Waals surface area contributed by atoms with E-state index in [1.807, 2.05) is 0 Å². The molecular formula is C25H25N7O8. The lowest BCUT2D eigenvalue weighted by Gasteiger charge is -2.25. The number of carboxylic acid groups (broad SMARTS) is 1. The summed E-state index contributed by atoms with van der Waals surface area (Å²) in [5.41, 5.74) is 3.43. The predicted molar refractivity (Wildman–Crippen MR) is 143 cm³/mol. The van der Waals surface area contributed by atoms with Gasteiger partial charge in [-0.2, -0.15) is 0 Å². The van der Waals surface area contributed by atoms with Gasteiger partial charge in [-0.3, -0.25) is 33.1 Å². The van der Waals surface area contributed by atoms with Crippen LogP contribution in [0.15, 0.2) is 67.7 Å². The van der Waals surface area contributed by atoms with Crippen molar-refractivity contribution >= 4 is 39.6 Å². The molecule has 15 nitrogen and oxygen atoms in total. The molecule has 0 aliphatic rings. The Bertz CT molecular complexity index is 1870. The number of hydrogen-bond donors (Lipinski definition) is 5. The summed E-state index contributed by atoms with van der Waals surface area (Å²) in [6.45, 7) is -1.95. The third-order valence-electron chi connectivity index (χ3n) is 6.22. The molecule has 2 amide bonds. The fraction of sp³-hybridized carbons (Fsp3) is 0.240. The molecule has 0 saturated carbocycles. The first-order chi connectivity index (χ1) is 19.0. The molecule has 6 N–H and O–H groups in total. The van der Waals surface area contributed by atoms with E-state index in [4.69, 9.17) is 10.8 Å². The van der Waals surface area contributed by atoms with Gasteiger partial charge in [-0.15, -0.1) is 0 Å². The second-order valence-electron chi connectivity index (χ2n) is 9.04. The van der Waals surface area contributed by atoms with E-state index in [9.17, 15) is 33.6 Å². The Labute approximate surface area is 223 Å². The van der Waals surface area contributed by atoms with Gasteiger partial charge in [0, 0.05) is 7.05 Å². The van der Waals surface area contributed by atoms with Gasteiger partial charge in [0.2, 0.25) is 11.8 Å². The predicted octanol–water partition coefficient (Wildman–Crippen LogP) is -2.25. The van der Waals surface area contributed by atoms with Gasteiger partial charge in [0.15, 0.2) is 0 Å². The number of fused-ring (bicyclic) bond motifs is 2. The van der Waals surface area contributed by atoms with Crippen LogP contribution in [-0.4, -0.2) is 72.6 Å². The minimum Gasteiger partial charge on any atom is -0.480 e. The third-order valence-corrected chi connectivity index (χ3v) is 6.22. The maximum Gasteiger partial charge on any atom is 0.328 e. The van der Waals surface area contributed by atoms with Crippen molar-refractivity contribution in [2.75, 3.05) is 13.6 Å². The summed E-state index contributed by atoms with van der Waals surface area (Å²) in [6, 6.07) is 9.30. The number of para-hydroxylation sites is 2. The number of carboxylic acids is 1. The van der Waals surface area contributed by atoms with Crippen molar-refractivity contribution in [3.8, 4) is 0 Å². The molecule has 0 bridgehead atoms. The molecule has 0 aliphatic carbocycles. The molecule has 40 heavy (non-hydrogen) atoms. The first-order valence-electron chi connectivity index (χ1n) is 11.9. The lowest BCUT2D eigenvalue weighted by Crippen LogP contribution is -2.57. The van der Waals surface area contributed by atoms with Gasteiger partial charge in [0.05, 0.1) is 34.9 Å². The molecule has 0 radical (unpaired) electrons. The van der Waals surface area contributed by atoms with Gasteiger partial charge < -0.3 is 31.0 Å². The number of aromatic amines is 2. The van der Waals surface area contributed by atoms with Crippen LogP contribution in [0.1, 0.15) is 0 Å². The number of nitrogens with two attached hydrogens (primary N) is 1. The van der Waals surface area contributed by atoms with Crippen LogP contribution in [0.4, 0.5) is 0 Å². The summed E-state index contributed by atoms with van der Waals surface area (Å²) in [6.07, 6.45) is 0. The van der Waals surface area contributed by atoms with Crippen LogP contribution < -0.4 is 33.5 Å². The Morgan fingerprint density at radius 1 is 0.875 bits per heavy atom. The summed E-state index contributed by atoms with van der Waals surface area (Å²) in [7, 11) is 1.16. The Morgan fingerprint density at radius 2 is 1.35 bits per heavy atom. The molecule has 15 heteroatoms. The van der Waals surface area contributed by atoms with E-state index in [2.05, 4.69) is 15.3 Å². The van der Waals surface area contributed by atoms with Crippen molar-refractivity contribution in [1.82, 2.24) is 29.3 Å². The molecule has 4 aromatic rings. The SMILES string of the molecule is CN(CC(=O)O)C(=O)[C@@H](Cn1c(=O)[nH]c2ccccc2c1=O)NC(=O)[C@H](N)Cn1c(=O)[nH]c2ccccc2c1=O. The molecule has 0 unspecified atom stereocenters. The van der Waals surface area contributed by atoms with E-state index >= 15 is 0 Å². The van der Waals surface area contributed by atoms with Crippen LogP contribution in [0.5, 0.6) is 0 Å². The molecule has 0 spiro atoms. The molecule has 0 saturated heterocycles. The zero-order valence-electron chi connectivity index (χ0n) is 21.1. The van der Waals surface area contributed by atoms with Crippen molar-refractivity contribution < 1.29 is 19.5 Å². The molecule has 2 aromatic heterocycles. The number of aromatic nitrogens is 4. The summed E-state index contributed by atoms with van der Waals surface area (Å²) >= 11 is 0. The summed E-state index contributed by atoms with van der Waals surface area (Å²) in [5, 5.41) is 11.8. The number of hydrogen-bond acceptors (Lipinski definition) is 8. The first kappa shape index (κ1) is 27.7. The molecule has 2 heterocycles. The minimum absolute atomic E-state index is 0.144. The van der Waals surface area contributed by atoms with Crippen LogP contribution in [0, 0.1) is 0 Å². The van der Waals surface area contributed by atoms with Gasteiger partial charge in [-0.25, -0.2) is 9.59 Å². The third kappa shape index (κ3) is 5.58. The molecule has 208 valence electrons. The monoisotopic (exact) mass is 551 g/mol. The van der Waals surface area contributed by atoms with E-state index in [1.165, 1.54) is 24.3 Å². The van der Waals surface area contributed by atoms with Crippen LogP contribution in [0.3, 0.4) is 0 Å². The van der Waals surface area contributed by atoms with Gasteiger partial charge in [0.25, 0.3) is 11.1 Å². The van der Waals surface area contributed by atoms with E-state index in [1.54, 1.807) is 24.3 Å². The summed E-state index contributed by atoms with van der Waals surface area (Å²) < 4.78 is 1.43. The van der Waals surface area contributed by atoms with E-state index in [0.29, 0.717) is 10.1 Å². The highest BCUT2D eigenvalue weighted by molar-refractivity contribution is 5.91. The highest BCUT2D eigenvalue weighted by Crippen LogP contribution is 2.05. The number of nitrogens with one attached hydrogen (secondary N) is 3. The van der Waals surface area contributed by atoms with E-state index in [-0.39, 0.29) is 16.3 Å². The smallest absolute Gasteiger partial charge is 0.328 e. The largest absolute Gasteiger partial charge is 0.480 e. The lowest BCUT2D eigenvalue weighted by atomic mass is 10.2. The topological polar surface area (TPSA) is 222 Å². The highest BCUT2D eigenvalue weighted by atomic mass is 16.4. The molecule has 0 fully saturated rings. The first-order valence-corrected chi connectivity index (χ1v) is 11.9. The number of rotatable bonds is 9. The zero-order chi connectivity index (χ0) is 29.1. The van der Waals surface area contributed by atoms with Gasteiger partial charge in [-0.05, 0) is 24.3 Å². The van der Waals surface area contributed by atoms with Crippen molar-refractivity contribution in [1.29, 1.82) is 0 Å². The number of amides is 2. The second kappa shape index (κ2) is 11.2. The maximum atomic E-state index is 13.1. The standard InChI is InChI=1S/C25H25N7O8/c1-30(12-19(33)34)23(38)18(11-32-22(37)14-7-3-5-9-17(14)29-25(32)40)27-20(35)15(26)10-31-21(36)13-6-2-4-8-16(13)28-24(31)39/h2-9,15,18H,10-12,26H2,1H3,(H,27,35)(H,28,39)(H,29,40)(H,33,34)/t15-,18-/m1/s1. The van der Waals surface area contributed by atoms with Crippen LogP contribution in [0.2, 0.25) is 0 Å². The normalized spacial score (nSPS) is 12.7. The Kier molecular flexibility index (Phi) is 7.76. The maximum absolute atomic E-state index is 13.1. The number of likely N-dealkylation sites (N-methyl/N-ethyl adjacent to an activating group) is 1. The van der Waals surface area contributed by atoms with Gasteiger partial charge in [-0.1, -0.05) is 24.3 Å². The average Bonchev–Trinajstić information content (AvgIpc) is 2.91. The Balaban J connectivity index is 1.64. The fourth-order valence-corrected chi connectivity index (χ4v) is 4.20. The number of carbonyl (C=O) groups excluding carboxylic acids is 2.